The van der Waals surface area contributed by atoms with Crippen molar-refractivity contribution in [3.63, 3.8) is 0 Å². The van der Waals surface area contributed by atoms with Crippen molar-refractivity contribution in [1.29, 1.82) is 5.26 Å². The fraction of sp³-hybridized carbons (Fsp3) is 0.250. The maximum atomic E-state index is 12.6. The van der Waals surface area contributed by atoms with Crippen LogP contribution in [-0.4, -0.2) is 18.5 Å². The van der Waals surface area contributed by atoms with Crippen molar-refractivity contribution in [3.8, 4) is 6.07 Å². The van der Waals surface area contributed by atoms with Crippen LogP contribution in [0, 0.1) is 18.3 Å². The maximum absolute atomic E-state index is 12.6. The van der Waals surface area contributed by atoms with Gasteiger partial charge in [0.25, 0.3) is 5.91 Å². The topological polar surface area (TPSA) is 56.1 Å². The van der Waals surface area contributed by atoms with Crippen LogP contribution in [0.5, 0.6) is 0 Å². The van der Waals surface area contributed by atoms with Crippen LogP contribution in [0.15, 0.2) is 48.0 Å². The first kappa shape index (κ1) is 20.7. The Balaban J connectivity index is 1.92. The Bertz CT molecular complexity index is 1090. The quantitative estimate of drug-likeness (QED) is 0.516. The Hall–Kier alpha value is -3.03. The van der Waals surface area contributed by atoms with E-state index in [1.54, 1.807) is 18.2 Å². The van der Waals surface area contributed by atoms with Gasteiger partial charge in [0.2, 0.25) is 0 Å². The monoisotopic (exact) mass is 405 g/mol. The van der Waals surface area contributed by atoms with Gasteiger partial charge in [0.15, 0.2) is 0 Å². The molecule has 4 nitrogen and oxygen atoms in total. The number of halogens is 1. The fourth-order valence-corrected chi connectivity index (χ4v) is 3.67. The first-order valence-electron chi connectivity index (χ1n) is 9.39. The summed E-state index contributed by atoms with van der Waals surface area (Å²) in [5.41, 5.74) is 5.65. The normalized spacial score (nSPS) is 15.3. The van der Waals surface area contributed by atoms with E-state index in [1.165, 1.54) is 5.57 Å². The van der Waals surface area contributed by atoms with E-state index >= 15 is 0 Å². The number of benzene rings is 2. The molecule has 2 aromatic rings. The predicted molar refractivity (Wildman–Crippen MR) is 121 cm³/mol. The minimum atomic E-state index is -0.457. The number of nitriles is 1. The van der Waals surface area contributed by atoms with Crippen LogP contribution in [0.25, 0.3) is 11.6 Å². The number of aryl methyl sites for hydroxylation is 1. The number of hydrogen-bond acceptors (Lipinski definition) is 3. The Morgan fingerprint density at radius 1 is 1.21 bits per heavy atom. The summed E-state index contributed by atoms with van der Waals surface area (Å²) in [5, 5.41) is 12.8. The third-order valence-corrected chi connectivity index (χ3v) is 5.60. The molecule has 1 aliphatic rings. The van der Waals surface area contributed by atoms with E-state index in [0.29, 0.717) is 10.7 Å². The summed E-state index contributed by atoms with van der Waals surface area (Å²) >= 11 is 6.02. The van der Waals surface area contributed by atoms with E-state index in [1.807, 2.05) is 37.3 Å². The summed E-state index contributed by atoms with van der Waals surface area (Å²) < 4.78 is 0. The highest BCUT2D eigenvalue weighted by molar-refractivity contribution is 6.31. The number of carbonyl (C=O) groups is 1. The molecular formula is C24H24ClN3O. The second kappa shape index (κ2) is 7.77. The van der Waals surface area contributed by atoms with E-state index in [4.69, 9.17) is 11.6 Å². The molecule has 0 radical (unpaired) electrons. The largest absolute Gasteiger partial charge is 0.366 e. The van der Waals surface area contributed by atoms with Crippen molar-refractivity contribution >= 4 is 40.5 Å². The average Bonchev–Trinajstić information content (AvgIpc) is 2.66. The lowest BCUT2D eigenvalue weighted by Gasteiger charge is -2.40. The molecule has 0 fully saturated rings. The summed E-state index contributed by atoms with van der Waals surface area (Å²) in [6.07, 6.45) is 3.84. The van der Waals surface area contributed by atoms with Crippen molar-refractivity contribution in [3.05, 3.63) is 69.8 Å². The minimum Gasteiger partial charge on any atom is -0.366 e. The Morgan fingerprint density at radius 3 is 2.62 bits per heavy atom. The van der Waals surface area contributed by atoms with Crippen LogP contribution in [0.1, 0.15) is 37.5 Å². The summed E-state index contributed by atoms with van der Waals surface area (Å²) in [4.78, 5) is 14.9. The number of anilines is 2. The molecule has 29 heavy (non-hydrogen) atoms. The zero-order chi connectivity index (χ0) is 21.3. The Kier molecular flexibility index (Phi) is 5.55. The number of hydrogen-bond donors (Lipinski definition) is 1. The lowest BCUT2D eigenvalue weighted by Crippen LogP contribution is -2.42. The Morgan fingerprint density at radius 2 is 1.93 bits per heavy atom. The van der Waals surface area contributed by atoms with Gasteiger partial charge in [-0.2, -0.15) is 5.26 Å². The molecule has 0 aromatic heterocycles. The van der Waals surface area contributed by atoms with Gasteiger partial charge < -0.3 is 10.2 Å². The SMILES string of the molecule is CC1=CC(C)(C)N(C)c2ccc(/C=C(/C#N)C(=O)Nc3cc(Cl)ccc3C)cc21. The number of amides is 1. The molecule has 1 heterocycles. The van der Waals surface area contributed by atoms with Crippen LogP contribution in [0.4, 0.5) is 11.4 Å². The predicted octanol–water partition coefficient (Wildman–Crippen LogP) is 5.83. The molecule has 0 bridgehead atoms. The van der Waals surface area contributed by atoms with Gasteiger partial charge >= 0.3 is 0 Å². The molecule has 1 aliphatic heterocycles. The standard InChI is InChI=1S/C24H24ClN3O/c1-15-6-8-19(25)12-21(15)27-23(29)18(14-26)10-17-7-9-22-20(11-17)16(2)13-24(3,4)28(22)5/h6-13H,1-5H3,(H,27,29)/b18-10-. The highest BCUT2D eigenvalue weighted by atomic mass is 35.5. The molecule has 0 spiro atoms. The van der Waals surface area contributed by atoms with Gasteiger partial charge in [-0.15, -0.1) is 0 Å². The van der Waals surface area contributed by atoms with Gasteiger partial charge in [-0.1, -0.05) is 29.8 Å². The van der Waals surface area contributed by atoms with E-state index < -0.39 is 5.91 Å². The Labute approximate surface area is 177 Å². The van der Waals surface area contributed by atoms with Gasteiger partial charge in [0, 0.05) is 29.0 Å². The number of nitrogens with zero attached hydrogens (tertiary/aromatic N) is 2. The molecule has 0 atom stereocenters. The number of rotatable bonds is 3. The maximum Gasteiger partial charge on any atom is 0.266 e. The van der Waals surface area contributed by atoms with E-state index in [0.717, 1.165) is 22.4 Å². The molecule has 0 saturated carbocycles. The zero-order valence-electron chi connectivity index (χ0n) is 17.3. The number of carbonyl (C=O) groups excluding carboxylic acids is 1. The summed E-state index contributed by atoms with van der Waals surface area (Å²) in [6.45, 7) is 8.30. The zero-order valence-corrected chi connectivity index (χ0v) is 18.1. The number of fused-ring (bicyclic) bond motifs is 1. The summed E-state index contributed by atoms with van der Waals surface area (Å²) in [7, 11) is 2.07. The summed E-state index contributed by atoms with van der Waals surface area (Å²) in [6, 6.07) is 13.2. The van der Waals surface area contributed by atoms with Gasteiger partial charge in [0.1, 0.15) is 11.6 Å². The third kappa shape index (κ3) is 4.21. The lowest BCUT2D eigenvalue weighted by molar-refractivity contribution is -0.112. The highest BCUT2D eigenvalue weighted by Crippen LogP contribution is 2.38. The summed E-state index contributed by atoms with van der Waals surface area (Å²) in [5.74, 6) is -0.457. The first-order valence-corrected chi connectivity index (χ1v) is 9.77. The second-order valence-corrected chi connectivity index (χ2v) is 8.34. The van der Waals surface area contributed by atoms with Crippen LogP contribution in [0.3, 0.4) is 0 Å². The van der Waals surface area contributed by atoms with E-state index in [2.05, 4.69) is 44.1 Å². The van der Waals surface area contributed by atoms with Crippen molar-refractivity contribution in [2.45, 2.75) is 33.2 Å². The molecule has 148 valence electrons. The molecule has 3 rings (SSSR count). The second-order valence-electron chi connectivity index (χ2n) is 7.90. The van der Waals surface area contributed by atoms with Gasteiger partial charge in [-0.25, -0.2) is 0 Å². The molecule has 2 aromatic carbocycles. The molecule has 1 amide bonds. The molecule has 5 heteroatoms. The minimum absolute atomic E-state index is 0.0375. The third-order valence-electron chi connectivity index (χ3n) is 5.36. The first-order chi connectivity index (χ1) is 13.6. The molecule has 0 unspecified atom stereocenters. The van der Waals surface area contributed by atoms with Gasteiger partial charge in [0.05, 0.1) is 5.54 Å². The van der Waals surface area contributed by atoms with E-state index in [9.17, 15) is 10.1 Å². The van der Waals surface area contributed by atoms with Crippen LogP contribution >= 0.6 is 11.6 Å². The molecule has 0 saturated heterocycles. The molecule has 1 N–H and O–H groups in total. The van der Waals surface area contributed by atoms with E-state index in [-0.39, 0.29) is 11.1 Å². The molecule has 0 aliphatic carbocycles. The van der Waals surface area contributed by atoms with Crippen LogP contribution < -0.4 is 10.2 Å². The van der Waals surface area contributed by atoms with Crippen molar-refractivity contribution < 1.29 is 4.79 Å². The van der Waals surface area contributed by atoms with Gasteiger partial charge in [-0.3, -0.25) is 4.79 Å². The van der Waals surface area contributed by atoms with Crippen molar-refractivity contribution in [2.75, 3.05) is 17.3 Å². The van der Waals surface area contributed by atoms with Gasteiger partial charge in [-0.05, 0) is 74.7 Å². The number of allylic oxidation sites excluding steroid dienone is 1. The number of nitrogens with one attached hydrogen (secondary N) is 1. The average molecular weight is 406 g/mol. The smallest absolute Gasteiger partial charge is 0.266 e. The number of likely N-dealkylation sites (N-methyl/N-ethyl adjacent to an activating group) is 1. The van der Waals surface area contributed by atoms with Crippen molar-refractivity contribution in [2.24, 2.45) is 0 Å². The molecular weight excluding hydrogens is 382 g/mol. The van der Waals surface area contributed by atoms with Crippen LogP contribution in [0.2, 0.25) is 5.02 Å². The lowest BCUT2D eigenvalue weighted by atomic mass is 9.88. The highest BCUT2D eigenvalue weighted by Gasteiger charge is 2.28. The van der Waals surface area contributed by atoms with Crippen LogP contribution in [-0.2, 0) is 4.79 Å². The fourth-order valence-electron chi connectivity index (χ4n) is 3.50. The van der Waals surface area contributed by atoms with Crippen molar-refractivity contribution in [1.82, 2.24) is 0 Å².